The van der Waals surface area contributed by atoms with E-state index in [-0.39, 0.29) is 5.97 Å². The minimum Gasteiger partial charge on any atom is -0.466 e. The minimum absolute atomic E-state index is 0.250. The Morgan fingerprint density at radius 2 is 1.81 bits per heavy atom. The molecule has 16 heavy (non-hydrogen) atoms. The summed E-state index contributed by atoms with van der Waals surface area (Å²) < 4.78 is 4.69. The first kappa shape index (κ1) is 14.6. The lowest BCUT2D eigenvalue weighted by Gasteiger charge is -2.16. The summed E-state index contributed by atoms with van der Waals surface area (Å²) in [5.74, 6) is -0.250. The van der Waals surface area contributed by atoms with Crippen molar-refractivity contribution in [2.75, 3.05) is 26.7 Å². The van der Waals surface area contributed by atoms with E-state index in [0.29, 0.717) is 18.5 Å². The van der Waals surface area contributed by atoms with Gasteiger partial charge in [0.05, 0.1) is 7.11 Å². The van der Waals surface area contributed by atoms with Gasteiger partial charge in [0.1, 0.15) is 0 Å². The predicted octanol–water partition coefficient (Wildman–Crippen LogP) is 2.17. The van der Waals surface area contributed by atoms with Crippen molar-refractivity contribution in [3.05, 3.63) is 37.0 Å². The van der Waals surface area contributed by atoms with Gasteiger partial charge in [-0.15, -0.1) is 13.2 Å². The van der Waals surface area contributed by atoms with Crippen molar-refractivity contribution in [2.24, 2.45) is 0 Å². The second-order valence-corrected chi connectivity index (χ2v) is 3.37. The molecule has 3 heteroatoms. The monoisotopic (exact) mass is 223 g/mol. The molecular formula is C13H21NO2. The van der Waals surface area contributed by atoms with Gasteiger partial charge in [-0.3, -0.25) is 4.90 Å². The highest BCUT2D eigenvalue weighted by Gasteiger charge is 2.07. The van der Waals surface area contributed by atoms with Crippen molar-refractivity contribution in [1.82, 2.24) is 4.90 Å². The minimum atomic E-state index is -0.250. The molecule has 0 saturated carbocycles. The van der Waals surface area contributed by atoms with Crippen LogP contribution in [-0.4, -0.2) is 37.6 Å². The van der Waals surface area contributed by atoms with E-state index in [1.165, 1.54) is 7.11 Å². The Hall–Kier alpha value is -1.35. The van der Waals surface area contributed by atoms with Gasteiger partial charge < -0.3 is 4.74 Å². The van der Waals surface area contributed by atoms with E-state index in [0.717, 1.165) is 13.1 Å². The van der Waals surface area contributed by atoms with E-state index in [2.05, 4.69) is 22.8 Å². The van der Waals surface area contributed by atoms with Gasteiger partial charge in [-0.25, -0.2) is 4.79 Å². The van der Waals surface area contributed by atoms with Crippen molar-refractivity contribution in [3.8, 4) is 0 Å². The Morgan fingerprint density at radius 3 is 2.19 bits per heavy atom. The first-order chi connectivity index (χ1) is 7.69. The summed E-state index contributed by atoms with van der Waals surface area (Å²) in [5, 5.41) is 0. The molecule has 0 spiro atoms. The molecule has 0 amide bonds. The molecule has 0 saturated heterocycles. The first-order valence-corrected chi connectivity index (χ1v) is 5.41. The Labute approximate surface area is 98.1 Å². The SMILES string of the molecule is C=CCN(CC=C)CC=C(CC)C(=O)OC. The van der Waals surface area contributed by atoms with Gasteiger partial charge in [0.25, 0.3) is 0 Å². The van der Waals surface area contributed by atoms with Gasteiger partial charge in [-0.2, -0.15) is 0 Å². The van der Waals surface area contributed by atoms with Crippen LogP contribution in [-0.2, 0) is 9.53 Å². The van der Waals surface area contributed by atoms with Crippen LogP contribution in [0.25, 0.3) is 0 Å². The molecule has 0 aromatic carbocycles. The van der Waals surface area contributed by atoms with Gasteiger partial charge in [0, 0.05) is 25.2 Å². The number of rotatable bonds is 8. The summed E-state index contributed by atoms with van der Waals surface area (Å²) in [6.45, 7) is 11.6. The number of carbonyl (C=O) groups excluding carboxylic acids is 1. The molecule has 90 valence electrons. The first-order valence-electron chi connectivity index (χ1n) is 5.41. The topological polar surface area (TPSA) is 29.5 Å². The van der Waals surface area contributed by atoms with Crippen molar-refractivity contribution >= 4 is 5.97 Å². The summed E-state index contributed by atoms with van der Waals surface area (Å²) in [4.78, 5) is 13.4. The van der Waals surface area contributed by atoms with Gasteiger partial charge in [-0.05, 0) is 6.42 Å². The van der Waals surface area contributed by atoms with Crippen LogP contribution in [0.2, 0.25) is 0 Å². The summed E-state index contributed by atoms with van der Waals surface area (Å²) in [7, 11) is 1.40. The highest BCUT2D eigenvalue weighted by molar-refractivity contribution is 5.88. The predicted molar refractivity (Wildman–Crippen MR) is 67.2 cm³/mol. The van der Waals surface area contributed by atoms with E-state index in [1.807, 2.05) is 25.2 Å². The lowest BCUT2D eigenvalue weighted by Crippen LogP contribution is -2.24. The number of carbonyl (C=O) groups is 1. The summed E-state index contributed by atoms with van der Waals surface area (Å²) in [6, 6.07) is 0. The summed E-state index contributed by atoms with van der Waals surface area (Å²) in [5.41, 5.74) is 0.709. The van der Waals surface area contributed by atoms with Crippen LogP contribution < -0.4 is 0 Å². The van der Waals surface area contributed by atoms with Crippen molar-refractivity contribution in [1.29, 1.82) is 0 Å². The van der Waals surface area contributed by atoms with E-state index < -0.39 is 0 Å². The van der Waals surface area contributed by atoms with E-state index in [9.17, 15) is 4.79 Å². The molecule has 0 bridgehead atoms. The van der Waals surface area contributed by atoms with Crippen LogP contribution in [0, 0.1) is 0 Å². The highest BCUT2D eigenvalue weighted by atomic mass is 16.5. The maximum Gasteiger partial charge on any atom is 0.333 e. The number of hydrogen-bond acceptors (Lipinski definition) is 3. The molecule has 0 unspecified atom stereocenters. The average Bonchev–Trinajstić information content (AvgIpc) is 2.29. The molecule has 0 aromatic heterocycles. The van der Waals surface area contributed by atoms with Crippen molar-refractivity contribution in [3.63, 3.8) is 0 Å². The third kappa shape index (κ3) is 5.51. The number of nitrogens with zero attached hydrogens (tertiary/aromatic N) is 1. The molecule has 0 heterocycles. The molecule has 3 nitrogen and oxygen atoms in total. The van der Waals surface area contributed by atoms with Crippen LogP contribution in [0.3, 0.4) is 0 Å². The summed E-state index contributed by atoms with van der Waals surface area (Å²) in [6.07, 6.45) is 6.25. The fraction of sp³-hybridized carbons (Fsp3) is 0.462. The van der Waals surface area contributed by atoms with Crippen LogP contribution in [0.1, 0.15) is 13.3 Å². The molecule has 0 aliphatic rings. The number of ether oxygens (including phenoxy) is 1. The fourth-order valence-corrected chi connectivity index (χ4v) is 1.33. The standard InChI is InChI=1S/C13H21NO2/c1-5-9-14(10-6-2)11-8-12(7-3)13(15)16-4/h5-6,8H,1-2,7,9-11H2,3-4H3. The largest absolute Gasteiger partial charge is 0.466 e. The summed E-state index contributed by atoms with van der Waals surface area (Å²) >= 11 is 0. The molecule has 0 radical (unpaired) electrons. The lowest BCUT2D eigenvalue weighted by molar-refractivity contribution is -0.136. The molecule has 0 atom stereocenters. The normalized spacial score (nSPS) is 11.3. The molecular weight excluding hydrogens is 202 g/mol. The van der Waals surface area contributed by atoms with Gasteiger partial charge in [0.15, 0.2) is 0 Å². The molecule has 0 aliphatic heterocycles. The van der Waals surface area contributed by atoms with E-state index >= 15 is 0 Å². The maximum absolute atomic E-state index is 11.3. The quantitative estimate of drug-likeness (QED) is 0.359. The fourth-order valence-electron chi connectivity index (χ4n) is 1.33. The molecule has 0 aliphatic carbocycles. The number of methoxy groups -OCH3 is 1. The average molecular weight is 223 g/mol. The number of hydrogen-bond donors (Lipinski definition) is 0. The number of esters is 1. The Balaban J connectivity index is 4.41. The van der Waals surface area contributed by atoms with Crippen LogP contribution >= 0.6 is 0 Å². The van der Waals surface area contributed by atoms with E-state index in [4.69, 9.17) is 0 Å². The Kier molecular flexibility index (Phi) is 8.17. The smallest absolute Gasteiger partial charge is 0.333 e. The van der Waals surface area contributed by atoms with Crippen LogP contribution in [0.5, 0.6) is 0 Å². The molecule has 0 rings (SSSR count). The molecule has 0 aromatic rings. The second-order valence-electron chi connectivity index (χ2n) is 3.37. The van der Waals surface area contributed by atoms with Gasteiger partial charge in [-0.1, -0.05) is 25.2 Å². The van der Waals surface area contributed by atoms with Crippen LogP contribution in [0.4, 0.5) is 0 Å². The van der Waals surface area contributed by atoms with Crippen molar-refractivity contribution < 1.29 is 9.53 Å². The maximum atomic E-state index is 11.3. The Bertz CT molecular complexity index is 259. The second kappa shape index (κ2) is 8.92. The Morgan fingerprint density at radius 1 is 1.25 bits per heavy atom. The highest BCUT2D eigenvalue weighted by Crippen LogP contribution is 2.03. The van der Waals surface area contributed by atoms with Crippen LogP contribution in [0.15, 0.2) is 37.0 Å². The van der Waals surface area contributed by atoms with Gasteiger partial charge >= 0.3 is 5.97 Å². The molecule has 0 N–H and O–H groups in total. The lowest BCUT2D eigenvalue weighted by atomic mass is 10.2. The van der Waals surface area contributed by atoms with Crippen molar-refractivity contribution in [2.45, 2.75) is 13.3 Å². The zero-order valence-electron chi connectivity index (χ0n) is 10.2. The molecule has 0 fully saturated rings. The third-order valence-corrected chi connectivity index (χ3v) is 2.20. The zero-order chi connectivity index (χ0) is 12.4. The van der Waals surface area contributed by atoms with Gasteiger partial charge in [0.2, 0.25) is 0 Å². The van der Waals surface area contributed by atoms with E-state index in [1.54, 1.807) is 0 Å². The zero-order valence-corrected chi connectivity index (χ0v) is 10.2. The third-order valence-electron chi connectivity index (χ3n) is 2.20.